The summed E-state index contributed by atoms with van der Waals surface area (Å²) < 4.78 is 5.20. The van der Waals surface area contributed by atoms with Gasteiger partial charge in [0.2, 0.25) is 5.41 Å². The number of nitriles is 3. The molecule has 1 aromatic rings. The molecule has 0 spiro atoms. The third-order valence-corrected chi connectivity index (χ3v) is 5.89. The molecule has 0 saturated heterocycles. The van der Waals surface area contributed by atoms with Crippen molar-refractivity contribution in [3.8, 4) is 24.0 Å². The van der Waals surface area contributed by atoms with Crippen molar-refractivity contribution >= 4 is 11.8 Å². The van der Waals surface area contributed by atoms with Crippen LogP contribution >= 0.6 is 11.8 Å². The maximum Gasteiger partial charge on any atom is 0.204 e. The summed E-state index contributed by atoms with van der Waals surface area (Å²) in [5.41, 5.74) is 6.72. The summed E-state index contributed by atoms with van der Waals surface area (Å²) in [7, 11) is 1.60. The van der Waals surface area contributed by atoms with E-state index >= 15 is 0 Å². The zero-order chi connectivity index (χ0) is 18.0. The molecule has 1 aliphatic carbocycles. The minimum absolute atomic E-state index is 0.0650. The molecule has 0 amide bonds. The minimum atomic E-state index is -1.54. The van der Waals surface area contributed by atoms with Gasteiger partial charge in [-0.2, -0.15) is 27.5 Å². The molecule has 2 aliphatic rings. The minimum Gasteiger partial charge on any atom is -0.497 e. The number of benzene rings is 1. The van der Waals surface area contributed by atoms with Crippen molar-refractivity contribution in [2.45, 2.75) is 5.92 Å². The van der Waals surface area contributed by atoms with E-state index in [2.05, 4.69) is 18.2 Å². The molecule has 0 aromatic heterocycles. The predicted molar refractivity (Wildman–Crippen MR) is 95.1 cm³/mol. The molecule has 1 aromatic carbocycles. The van der Waals surface area contributed by atoms with Gasteiger partial charge in [-0.15, -0.1) is 0 Å². The Balaban J connectivity index is 2.25. The van der Waals surface area contributed by atoms with Gasteiger partial charge in [-0.1, -0.05) is 18.2 Å². The number of allylic oxidation sites excluding steroid dienone is 2. The maximum absolute atomic E-state index is 9.75. The van der Waals surface area contributed by atoms with Gasteiger partial charge in [0, 0.05) is 23.3 Å². The van der Waals surface area contributed by atoms with Crippen LogP contribution in [0.4, 0.5) is 0 Å². The van der Waals surface area contributed by atoms with Gasteiger partial charge < -0.3 is 10.5 Å². The lowest BCUT2D eigenvalue weighted by molar-refractivity contribution is 0.414. The van der Waals surface area contributed by atoms with Gasteiger partial charge in [-0.05, 0) is 23.3 Å². The Bertz CT molecular complexity index is 866. The van der Waals surface area contributed by atoms with E-state index in [-0.39, 0.29) is 17.5 Å². The molecule has 0 unspecified atom stereocenters. The lowest BCUT2D eigenvalue weighted by Gasteiger charge is -2.42. The van der Waals surface area contributed by atoms with Crippen LogP contribution in [-0.4, -0.2) is 18.6 Å². The molecule has 1 aliphatic heterocycles. The largest absolute Gasteiger partial charge is 0.497 e. The van der Waals surface area contributed by atoms with E-state index in [1.165, 1.54) is 0 Å². The van der Waals surface area contributed by atoms with Crippen molar-refractivity contribution in [2.24, 2.45) is 17.1 Å². The highest BCUT2D eigenvalue weighted by molar-refractivity contribution is 7.99. The van der Waals surface area contributed by atoms with Crippen LogP contribution in [0.2, 0.25) is 0 Å². The van der Waals surface area contributed by atoms with Crippen LogP contribution in [0, 0.1) is 45.3 Å². The number of fused-ring (bicyclic) bond motifs is 1. The highest BCUT2D eigenvalue weighted by atomic mass is 32.2. The fourth-order valence-corrected chi connectivity index (χ4v) is 4.69. The summed E-state index contributed by atoms with van der Waals surface area (Å²) in [5.74, 6) is 1.85. The summed E-state index contributed by atoms with van der Waals surface area (Å²) in [4.78, 5) is 0. The van der Waals surface area contributed by atoms with Gasteiger partial charge in [0.1, 0.15) is 5.75 Å². The van der Waals surface area contributed by atoms with Crippen LogP contribution in [0.15, 0.2) is 47.2 Å². The quantitative estimate of drug-likeness (QED) is 0.824. The van der Waals surface area contributed by atoms with Crippen molar-refractivity contribution in [1.82, 2.24) is 0 Å². The second-order valence-corrected chi connectivity index (χ2v) is 7.04. The van der Waals surface area contributed by atoms with Crippen LogP contribution in [0.3, 0.4) is 0 Å². The molecule has 124 valence electrons. The van der Waals surface area contributed by atoms with E-state index < -0.39 is 5.41 Å². The fraction of sp³-hybridized carbons (Fsp3) is 0.316. The summed E-state index contributed by atoms with van der Waals surface area (Å²) in [5, 5.41) is 29.2. The maximum atomic E-state index is 9.75. The highest BCUT2D eigenvalue weighted by Gasteiger charge is 2.51. The van der Waals surface area contributed by atoms with Crippen LogP contribution < -0.4 is 10.5 Å². The first-order chi connectivity index (χ1) is 12.1. The first-order valence-corrected chi connectivity index (χ1v) is 8.93. The van der Waals surface area contributed by atoms with E-state index in [0.29, 0.717) is 5.57 Å². The van der Waals surface area contributed by atoms with Crippen molar-refractivity contribution in [3.63, 3.8) is 0 Å². The molecule has 0 radical (unpaired) electrons. The molecule has 5 nitrogen and oxygen atoms in total. The van der Waals surface area contributed by atoms with Crippen LogP contribution in [0.5, 0.6) is 5.75 Å². The zero-order valence-corrected chi connectivity index (χ0v) is 14.5. The van der Waals surface area contributed by atoms with Crippen LogP contribution in [-0.2, 0) is 0 Å². The third kappa shape index (κ3) is 2.45. The Kier molecular flexibility index (Phi) is 4.45. The Labute approximate surface area is 151 Å². The highest BCUT2D eigenvalue weighted by Crippen LogP contribution is 2.53. The first kappa shape index (κ1) is 17.0. The Hall–Kier alpha value is -2.88. The van der Waals surface area contributed by atoms with E-state index in [1.807, 2.05) is 30.3 Å². The van der Waals surface area contributed by atoms with Gasteiger partial charge in [0.15, 0.2) is 0 Å². The van der Waals surface area contributed by atoms with E-state index in [1.54, 1.807) is 18.9 Å². The number of thioether (sulfide) groups is 1. The molecule has 25 heavy (non-hydrogen) atoms. The summed E-state index contributed by atoms with van der Waals surface area (Å²) in [6.07, 6.45) is 1.93. The molecule has 1 heterocycles. The van der Waals surface area contributed by atoms with Crippen molar-refractivity contribution < 1.29 is 4.74 Å². The lowest BCUT2D eigenvalue weighted by Crippen LogP contribution is -2.41. The number of nitrogens with zero attached hydrogens (tertiary/aromatic N) is 3. The molecule has 6 heteroatoms. The van der Waals surface area contributed by atoms with E-state index in [4.69, 9.17) is 10.5 Å². The van der Waals surface area contributed by atoms with Gasteiger partial charge in [-0.25, -0.2) is 0 Å². The standard InChI is InChI=1S/C19H16N4OS/c1-24-13-4-2-12(3-5-13)17-14(8-20)18(23)19(10-21,11-22)16-6-7-25-9-15(16)17/h2-6,15,17H,7,9,23H2,1H3/t15-,17+/m1/s1. The molecule has 2 N–H and O–H groups in total. The molecule has 0 saturated carbocycles. The molecule has 3 rings (SSSR count). The van der Waals surface area contributed by atoms with Gasteiger partial charge in [0.05, 0.1) is 36.6 Å². The molecular formula is C19H16N4OS. The van der Waals surface area contributed by atoms with Crippen molar-refractivity contribution in [1.29, 1.82) is 15.8 Å². The average Bonchev–Trinajstić information content (AvgIpc) is 2.68. The molecular weight excluding hydrogens is 332 g/mol. The number of hydrogen-bond acceptors (Lipinski definition) is 6. The zero-order valence-electron chi connectivity index (χ0n) is 13.7. The predicted octanol–water partition coefficient (Wildman–Crippen LogP) is 2.85. The first-order valence-electron chi connectivity index (χ1n) is 7.78. The number of hydrogen-bond donors (Lipinski definition) is 1. The number of methoxy groups -OCH3 is 1. The van der Waals surface area contributed by atoms with Crippen LogP contribution in [0.1, 0.15) is 11.5 Å². The molecule has 0 bridgehead atoms. The fourth-order valence-electron chi connectivity index (χ4n) is 3.63. The summed E-state index contributed by atoms with van der Waals surface area (Å²) >= 11 is 1.73. The molecule has 2 atom stereocenters. The molecule has 0 fully saturated rings. The van der Waals surface area contributed by atoms with Crippen molar-refractivity contribution in [3.05, 3.63) is 52.7 Å². The van der Waals surface area contributed by atoms with Gasteiger partial charge >= 0.3 is 0 Å². The average molecular weight is 348 g/mol. The lowest BCUT2D eigenvalue weighted by atomic mass is 9.61. The van der Waals surface area contributed by atoms with Crippen LogP contribution in [0.25, 0.3) is 0 Å². The summed E-state index contributed by atoms with van der Waals surface area (Å²) in [6, 6.07) is 13.8. The second kappa shape index (κ2) is 6.55. The SMILES string of the molecule is COc1ccc([C@H]2C(C#N)=C(N)C(C#N)(C#N)C3=CCSC[C@H]32)cc1. The topological polar surface area (TPSA) is 107 Å². The Morgan fingerprint density at radius 2 is 1.88 bits per heavy atom. The summed E-state index contributed by atoms with van der Waals surface area (Å²) in [6.45, 7) is 0. The van der Waals surface area contributed by atoms with E-state index in [9.17, 15) is 15.8 Å². The number of rotatable bonds is 2. The third-order valence-electron chi connectivity index (χ3n) is 4.89. The van der Waals surface area contributed by atoms with Gasteiger partial charge in [0.25, 0.3) is 0 Å². The number of ether oxygens (including phenoxy) is 1. The second-order valence-electron chi connectivity index (χ2n) is 5.97. The van der Waals surface area contributed by atoms with E-state index in [0.717, 1.165) is 28.4 Å². The Morgan fingerprint density at radius 3 is 2.44 bits per heavy atom. The monoisotopic (exact) mass is 348 g/mol. The Morgan fingerprint density at radius 1 is 1.20 bits per heavy atom. The normalized spacial score (nSPS) is 24.2. The van der Waals surface area contributed by atoms with Gasteiger partial charge in [-0.3, -0.25) is 0 Å². The smallest absolute Gasteiger partial charge is 0.204 e. The van der Waals surface area contributed by atoms with Crippen molar-refractivity contribution in [2.75, 3.05) is 18.6 Å². The number of nitrogens with two attached hydrogens (primary N) is 1.